The maximum absolute atomic E-state index is 4.52. The maximum atomic E-state index is 4.52. The van der Waals surface area contributed by atoms with Crippen LogP contribution < -0.4 is 15.5 Å². The number of benzene rings is 1. The Hall–Kier alpha value is -2.08. The molecule has 0 bridgehead atoms. The molecule has 2 aromatic rings. The Morgan fingerprint density at radius 2 is 2.15 bits per heavy atom. The summed E-state index contributed by atoms with van der Waals surface area (Å²) in [5.74, 6) is 0.912. The lowest BCUT2D eigenvalue weighted by Crippen LogP contribution is -2.44. The van der Waals surface area contributed by atoms with E-state index in [2.05, 4.69) is 68.1 Å². The number of aromatic nitrogens is 1. The number of rotatable bonds is 7. The Morgan fingerprint density at radius 3 is 2.88 bits per heavy atom. The second kappa shape index (κ2) is 9.57. The van der Waals surface area contributed by atoms with Gasteiger partial charge in [-0.15, -0.1) is 11.3 Å². The van der Waals surface area contributed by atoms with Crippen molar-refractivity contribution in [2.75, 3.05) is 31.6 Å². The summed E-state index contributed by atoms with van der Waals surface area (Å²) in [6.07, 6.45) is 4.49. The second-order valence-corrected chi connectivity index (χ2v) is 7.69. The number of para-hydroxylation sites is 1. The highest BCUT2D eigenvalue weighted by molar-refractivity contribution is 7.09. The molecule has 0 saturated carbocycles. The van der Waals surface area contributed by atoms with E-state index in [9.17, 15) is 0 Å². The van der Waals surface area contributed by atoms with Crippen molar-refractivity contribution >= 4 is 23.0 Å². The van der Waals surface area contributed by atoms with Gasteiger partial charge in [-0.3, -0.25) is 4.99 Å². The fourth-order valence-electron chi connectivity index (χ4n) is 3.26. The highest BCUT2D eigenvalue weighted by atomic mass is 32.1. The van der Waals surface area contributed by atoms with Gasteiger partial charge in [-0.25, -0.2) is 4.98 Å². The van der Waals surface area contributed by atoms with Crippen molar-refractivity contribution < 1.29 is 0 Å². The molecule has 6 heteroatoms. The lowest BCUT2D eigenvalue weighted by atomic mass is 10.2. The number of hydrogen-bond acceptors (Lipinski definition) is 4. The molecule has 0 amide bonds. The van der Waals surface area contributed by atoms with E-state index in [-0.39, 0.29) is 0 Å². The van der Waals surface area contributed by atoms with E-state index in [1.165, 1.54) is 10.7 Å². The molecule has 0 radical (unpaired) electrons. The molecule has 1 atom stereocenters. The number of nitrogens with one attached hydrogen (secondary N) is 2. The third kappa shape index (κ3) is 5.46. The average Bonchev–Trinajstić information content (AvgIpc) is 3.30. The van der Waals surface area contributed by atoms with Gasteiger partial charge >= 0.3 is 0 Å². The monoisotopic (exact) mass is 371 g/mol. The summed E-state index contributed by atoms with van der Waals surface area (Å²) in [5, 5.41) is 10.4. The van der Waals surface area contributed by atoms with Crippen LogP contribution in [0.25, 0.3) is 0 Å². The largest absolute Gasteiger partial charge is 0.369 e. The highest BCUT2D eigenvalue weighted by Gasteiger charge is 2.23. The van der Waals surface area contributed by atoms with Crippen LogP contribution in [0.1, 0.15) is 30.0 Å². The zero-order valence-corrected chi connectivity index (χ0v) is 16.6. The smallest absolute Gasteiger partial charge is 0.191 e. The van der Waals surface area contributed by atoms with Gasteiger partial charge in [0.1, 0.15) is 0 Å². The van der Waals surface area contributed by atoms with Crippen molar-refractivity contribution in [1.29, 1.82) is 0 Å². The Balaban J connectivity index is 1.34. The summed E-state index contributed by atoms with van der Waals surface area (Å²) in [6, 6.07) is 11.1. The summed E-state index contributed by atoms with van der Waals surface area (Å²) in [7, 11) is 1.84. The number of aliphatic imine (C=N–C) groups is 1. The van der Waals surface area contributed by atoms with Crippen molar-refractivity contribution in [2.24, 2.45) is 4.99 Å². The number of hydrogen-bond donors (Lipinski definition) is 2. The van der Waals surface area contributed by atoms with E-state index in [1.807, 2.05) is 7.05 Å². The van der Waals surface area contributed by atoms with Gasteiger partial charge in [-0.1, -0.05) is 18.2 Å². The molecule has 1 saturated heterocycles. The minimum atomic E-state index is 0.444. The molecule has 140 valence electrons. The topological polar surface area (TPSA) is 52.6 Å². The van der Waals surface area contributed by atoms with Crippen molar-refractivity contribution in [3.63, 3.8) is 0 Å². The maximum Gasteiger partial charge on any atom is 0.191 e. The third-order valence-corrected chi connectivity index (χ3v) is 5.68. The number of aryl methyl sites for hydroxylation is 2. The van der Waals surface area contributed by atoms with Crippen molar-refractivity contribution in [3.05, 3.63) is 46.4 Å². The van der Waals surface area contributed by atoms with E-state index in [4.69, 9.17) is 0 Å². The van der Waals surface area contributed by atoms with Crippen LogP contribution in [0.4, 0.5) is 5.69 Å². The SMILES string of the molecule is CN=C(NCCCCc1nc(C)cs1)NC1CCN(c2ccccc2)C1. The Labute approximate surface area is 160 Å². The van der Waals surface area contributed by atoms with E-state index in [0.717, 1.165) is 57.0 Å². The first kappa shape index (κ1) is 18.7. The fraction of sp³-hybridized carbons (Fsp3) is 0.500. The number of thiazole rings is 1. The van der Waals surface area contributed by atoms with Crippen LogP contribution in [0.3, 0.4) is 0 Å². The van der Waals surface area contributed by atoms with E-state index in [1.54, 1.807) is 11.3 Å². The van der Waals surface area contributed by atoms with Gasteiger partial charge in [-0.2, -0.15) is 0 Å². The third-order valence-electron chi connectivity index (χ3n) is 4.65. The fourth-order valence-corrected chi connectivity index (χ4v) is 4.08. The molecular formula is C20H29N5S. The van der Waals surface area contributed by atoms with Crippen molar-refractivity contribution in [3.8, 4) is 0 Å². The quantitative estimate of drug-likeness (QED) is 0.446. The first-order valence-corrected chi connectivity index (χ1v) is 10.3. The highest BCUT2D eigenvalue weighted by Crippen LogP contribution is 2.19. The van der Waals surface area contributed by atoms with Gasteiger partial charge in [-0.05, 0) is 44.7 Å². The number of anilines is 1. The number of nitrogens with zero attached hydrogens (tertiary/aromatic N) is 3. The summed E-state index contributed by atoms with van der Waals surface area (Å²) in [5.41, 5.74) is 2.44. The van der Waals surface area contributed by atoms with Gasteiger partial charge in [0, 0.05) is 49.5 Å². The van der Waals surface area contributed by atoms with Gasteiger partial charge in [0.25, 0.3) is 0 Å². The van der Waals surface area contributed by atoms with Gasteiger partial charge in [0.2, 0.25) is 0 Å². The molecule has 1 fully saturated rings. The van der Waals surface area contributed by atoms with Crippen molar-refractivity contribution in [1.82, 2.24) is 15.6 Å². The number of guanidine groups is 1. The van der Waals surface area contributed by atoms with E-state index < -0.39 is 0 Å². The predicted octanol–water partition coefficient (Wildman–Crippen LogP) is 3.22. The normalized spacial score (nSPS) is 17.5. The van der Waals surface area contributed by atoms with Crippen LogP contribution in [-0.4, -0.2) is 43.7 Å². The van der Waals surface area contributed by atoms with Crippen LogP contribution in [0.15, 0.2) is 40.7 Å². The molecule has 5 nitrogen and oxygen atoms in total. The van der Waals surface area contributed by atoms with Crippen LogP contribution in [0, 0.1) is 6.92 Å². The predicted molar refractivity (Wildman–Crippen MR) is 111 cm³/mol. The minimum absolute atomic E-state index is 0.444. The van der Waals surface area contributed by atoms with E-state index in [0.29, 0.717) is 6.04 Å². The zero-order chi connectivity index (χ0) is 18.2. The summed E-state index contributed by atoms with van der Waals surface area (Å²) in [6.45, 7) is 5.11. The average molecular weight is 372 g/mol. The molecule has 1 aromatic heterocycles. The lowest BCUT2D eigenvalue weighted by Gasteiger charge is -2.20. The Morgan fingerprint density at radius 1 is 1.31 bits per heavy atom. The van der Waals surface area contributed by atoms with Gasteiger partial charge in [0.15, 0.2) is 5.96 Å². The summed E-state index contributed by atoms with van der Waals surface area (Å²) < 4.78 is 0. The summed E-state index contributed by atoms with van der Waals surface area (Å²) in [4.78, 5) is 11.3. The molecule has 0 aliphatic carbocycles. The van der Waals surface area contributed by atoms with Gasteiger partial charge < -0.3 is 15.5 Å². The molecule has 26 heavy (non-hydrogen) atoms. The second-order valence-electron chi connectivity index (χ2n) is 6.75. The summed E-state index contributed by atoms with van der Waals surface area (Å²) >= 11 is 1.77. The molecule has 3 rings (SSSR count). The molecule has 2 heterocycles. The van der Waals surface area contributed by atoms with Crippen LogP contribution >= 0.6 is 11.3 Å². The molecule has 1 aromatic carbocycles. The molecule has 0 spiro atoms. The van der Waals surface area contributed by atoms with Gasteiger partial charge in [0.05, 0.1) is 5.01 Å². The molecule has 1 aliphatic heterocycles. The standard InChI is InChI=1S/C20H29N5S/c1-16-15-26-19(23-16)10-6-7-12-22-20(21-2)24-17-11-13-25(14-17)18-8-4-3-5-9-18/h3-5,8-9,15,17H,6-7,10-14H2,1-2H3,(H2,21,22,24). The molecule has 1 unspecified atom stereocenters. The Kier molecular flexibility index (Phi) is 6.89. The lowest BCUT2D eigenvalue weighted by molar-refractivity contribution is 0.636. The number of unbranched alkanes of at least 4 members (excludes halogenated alkanes) is 1. The molecule has 1 aliphatic rings. The van der Waals surface area contributed by atoms with Crippen LogP contribution in [0.5, 0.6) is 0 Å². The minimum Gasteiger partial charge on any atom is -0.369 e. The molecular weight excluding hydrogens is 342 g/mol. The first-order valence-electron chi connectivity index (χ1n) is 9.43. The zero-order valence-electron chi connectivity index (χ0n) is 15.7. The molecule has 2 N–H and O–H groups in total. The van der Waals surface area contributed by atoms with E-state index >= 15 is 0 Å². The first-order chi connectivity index (χ1) is 12.7. The van der Waals surface area contributed by atoms with Crippen LogP contribution in [0.2, 0.25) is 0 Å². The Bertz CT molecular complexity index is 697. The van der Waals surface area contributed by atoms with Crippen LogP contribution in [-0.2, 0) is 6.42 Å². The van der Waals surface area contributed by atoms with Crippen molar-refractivity contribution in [2.45, 2.75) is 38.6 Å².